The fraction of sp³-hybridized carbons (Fsp3) is 0.429. The lowest BCUT2D eigenvalue weighted by molar-refractivity contribution is -0.153. The summed E-state index contributed by atoms with van der Waals surface area (Å²) in [4.78, 5) is 26.9. The third-order valence-electron chi connectivity index (χ3n) is 5.79. The molecule has 2 aromatic rings. The molecule has 2 atom stereocenters. The fourth-order valence-corrected chi connectivity index (χ4v) is 6.08. The van der Waals surface area contributed by atoms with Gasteiger partial charge in [-0.05, 0) is 50.6 Å². The maximum absolute atomic E-state index is 12.9. The van der Waals surface area contributed by atoms with Gasteiger partial charge in [0, 0.05) is 17.5 Å². The van der Waals surface area contributed by atoms with Crippen LogP contribution < -0.4 is 4.31 Å². The number of ether oxygens (including phenoxy) is 1. The molecule has 0 spiro atoms. The molecule has 1 amide bonds. The van der Waals surface area contributed by atoms with Crippen molar-refractivity contribution < 1.29 is 22.7 Å². The van der Waals surface area contributed by atoms with Crippen molar-refractivity contribution in [3.8, 4) is 0 Å². The number of amides is 1. The number of carbonyl (C=O) groups excluding carboxylic acids is 2. The minimum Gasteiger partial charge on any atom is -0.454 e. The molecule has 0 aliphatic carbocycles. The number of rotatable bonds is 4. The molecule has 2 heterocycles. The molecule has 1 saturated heterocycles. The van der Waals surface area contributed by atoms with Crippen molar-refractivity contribution in [3.05, 3.63) is 36.4 Å². The summed E-state index contributed by atoms with van der Waals surface area (Å²) in [5, 5.41) is 1.40. The molecule has 1 fully saturated rings. The normalized spacial score (nSPS) is 22.7. The molecule has 29 heavy (non-hydrogen) atoms. The van der Waals surface area contributed by atoms with Gasteiger partial charge in [0.2, 0.25) is 0 Å². The number of esters is 1. The number of carbonyl (C=O) groups is 2. The van der Waals surface area contributed by atoms with E-state index in [1.54, 1.807) is 23.1 Å². The second-order valence-electron chi connectivity index (χ2n) is 7.73. The molecule has 154 valence electrons. The summed E-state index contributed by atoms with van der Waals surface area (Å²) in [6, 6.07) is 10.5. The average Bonchev–Trinajstić information content (AvgIpc) is 2.90. The fourth-order valence-electron chi connectivity index (χ4n) is 4.42. The number of sulfonamides is 1. The quantitative estimate of drug-likeness (QED) is 0.716. The van der Waals surface area contributed by atoms with E-state index in [4.69, 9.17) is 4.74 Å². The number of piperidine rings is 1. The summed E-state index contributed by atoms with van der Waals surface area (Å²) in [7, 11) is -3.83. The monoisotopic (exact) mass is 416 g/mol. The van der Waals surface area contributed by atoms with Gasteiger partial charge in [0.15, 0.2) is 6.61 Å². The van der Waals surface area contributed by atoms with E-state index in [-0.39, 0.29) is 29.5 Å². The van der Waals surface area contributed by atoms with Crippen LogP contribution in [0, 0.1) is 0 Å². The second-order valence-corrected chi connectivity index (χ2v) is 9.56. The first-order valence-electron chi connectivity index (χ1n) is 9.82. The molecule has 0 aromatic heterocycles. The van der Waals surface area contributed by atoms with Gasteiger partial charge in [-0.25, -0.2) is 8.42 Å². The van der Waals surface area contributed by atoms with Crippen LogP contribution in [0.2, 0.25) is 0 Å². The van der Waals surface area contributed by atoms with Gasteiger partial charge in [-0.3, -0.25) is 13.9 Å². The minimum atomic E-state index is -3.83. The van der Waals surface area contributed by atoms with Crippen molar-refractivity contribution in [1.29, 1.82) is 0 Å². The van der Waals surface area contributed by atoms with Crippen LogP contribution in [-0.2, 0) is 24.3 Å². The molecule has 0 radical (unpaired) electrons. The van der Waals surface area contributed by atoms with Gasteiger partial charge in [-0.15, -0.1) is 0 Å². The third kappa shape index (κ3) is 3.35. The van der Waals surface area contributed by atoms with Crippen LogP contribution in [0.4, 0.5) is 5.69 Å². The van der Waals surface area contributed by atoms with Gasteiger partial charge < -0.3 is 9.64 Å². The number of hydrogen-bond donors (Lipinski definition) is 0. The van der Waals surface area contributed by atoms with E-state index in [0.29, 0.717) is 11.1 Å². The lowest BCUT2D eigenvalue weighted by Crippen LogP contribution is -2.49. The Balaban J connectivity index is 1.47. The summed E-state index contributed by atoms with van der Waals surface area (Å²) in [6.07, 6.45) is 2.93. The zero-order valence-electron chi connectivity index (χ0n) is 16.5. The highest BCUT2D eigenvalue weighted by Crippen LogP contribution is 2.41. The van der Waals surface area contributed by atoms with Crippen molar-refractivity contribution in [1.82, 2.24) is 4.90 Å². The number of hydrogen-bond acceptors (Lipinski definition) is 5. The van der Waals surface area contributed by atoms with Gasteiger partial charge >= 0.3 is 5.97 Å². The SMILES string of the molecule is C[C@@H]1CCC[C@H](C)N1C(=O)COC(=O)CN1c2cccc3cccc(c23)S1(=O)=O. The third-order valence-corrected chi connectivity index (χ3v) is 7.59. The first-order valence-corrected chi connectivity index (χ1v) is 11.3. The number of benzene rings is 2. The van der Waals surface area contributed by atoms with Gasteiger partial charge in [-0.1, -0.05) is 24.3 Å². The summed E-state index contributed by atoms with van der Waals surface area (Å²) in [5.74, 6) is -0.989. The van der Waals surface area contributed by atoms with Crippen LogP contribution in [0.15, 0.2) is 41.3 Å². The Morgan fingerprint density at radius 1 is 1.07 bits per heavy atom. The maximum Gasteiger partial charge on any atom is 0.327 e. The zero-order chi connectivity index (χ0) is 20.8. The molecule has 0 saturated carbocycles. The molecule has 4 rings (SSSR count). The molecule has 0 unspecified atom stereocenters. The molecule has 0 bridgehead atoms. The summed E-state index contributed by atoms with van der Waals surface area (Å²) < 4.78 is 32.1. The summed E-state index contributed by atoms with van der Waals surface area (Å²) in [6.45, 7) is 3.14. The second kappa shape index (κ2) is 7.33. The Labute approximate surface area is 170 Å². The average molecular weight is 416 g/mol. The Morgan fingerprint density at radius 2 is 1.72 bits per heavy atom. The van der Waals surface area contributed by atoms with Crippen LogP contribution in [-0.4, -0.2) is 50.4 Å². The highest BCUT2D eigenvalue weighted by atomic mass is 32.2. The molecular formula is C21H24N2O5S. The molecular weight excluding hydrogens is 392 g/mol. The molecule has 2 aromatic carbocycles. The van der Waals surface area contributed by atoms with Gasteiger partial charge in [0.1, 0.15) is 6.54 Å². The van der Waals surface area contributed by atoms with Crippen LogP contribution in [0.1, 0.15) is 33.1 Å². The standard InChI is InChI=1S/C21H24N2O5S/c1-14-6-3-7-15(2)23(14)19(24)13-28-20(25)12-22-17-10-4-8-16-9-5-11-18(21(16)17)29(22,26)27/h4-5,8-11,14-15H,3,6-7,12-13H2,1-2H3/t14-,15+. The van der Waals surface area contributed by atoms with E-state index in [9.17, 15) is 18.0 Å². The van der Waals surface area contributed by atoms with Gasteiger partial charge in [0.25, 0.3) is 15.9 Å². The number of nitrogens with zero attached hydrogens (tertiary/aromatic N) is 2. The Morgan fingerprint density at radius 3 is 2.41 bits per heavy atom. The van der Waals surface area contributed by atoms with Crippen molar-refractivity contribution in [3.63, 3.8) is 0 Å². The van der Waals surface area contributed by atoms with Gasteiger partial charge in [-0.2, -0.15) is 0 Å². The van der Waals surface area contributed by atoms with Crippen molar-refractivity contribution >= 4 is 38.4 Å². The van der Waals surface area contributed by atoms with E-state index in [2.05, 4.69) is 0 Å². The van der Waals surface area contributed by atoms with Crippen LogP contribution in [0.3, 0.4) is 0 Å². The van der Waals surface area contributed by atoms with Crippen LogP contribution in [0.5, 0.6) is 0 Å². The Kier molecular flexibility index (Phi) is 4.98. The summed E-state index contributed by atoms with van der Waals surface area (Å²) >= 11 is 0. The molecule has 2 aliphatic rings. The number of anilines is 1. The first-order chi connectivity index (χ1) is 13.8. The smallest absolute Gasteiger partial charge is 0.327 e. The topological polar surface area (TPSA) is 84.0 Å². The highest BCUT2D eigenvalue weighted by Gasteiger charge is 2.37. The maximum atomic E-state index is 12.9. The van der Waals surface area contributed by atoms with Crippen molar-refractivity contribution in [2.24, 2.45) is 0 Å². The first kappa shape index (κ1) is 19.7. The zero-order valence-corrected chi connectivity index (χ0v) is 17.3. The predicted molar refractivity (Wildman–Crippen MR) is 109 cm³/mol. The number of likely N-dealkylation sites (tertiary alicyclic amines) is 1. The molecule has 2 aliphatic heterocycles. The Hall–Kier alpha value is -2.61. The predicted octanol–water partition coefficient (Wildman–Crippen LogP) is 2.68. The molecule has 8 heteroatoms. The van der Waals surface area contributed by atoms with E-state index in [0.717, 1.165) is 29.0 Å². The molecule has 0 N–H and O–H groups in total. The largest absolute Gasteiger partial charge is 0.454 e. The minimum absolute atomic E-state index is 0.107. The summed E-state index contributed by atoms with van der Waals surface area (Å²) in [5.41, 5.74) is 0.458. The van der Waals surface area contributed by atoms with E-state index < -0.39 is 22.5 Å². The lowest BCUT2D eigenvalue weighted by atomic mass is 9.97. The lowest BCUT2D eigenvalue weighted by Gasteiger charge is -2.38. The van der Waals surface area contributed by atoms with Crippen molar-refractivity contribution in [2.75, 3.05) is 17.5 Å². The van der Waals surface area contributed by atoms with Crippen LogP contribution in [0.25, 0.3) is 10.8 Å². The highest BCUT2D eigenvalue weighted by molar-refractivity contribution is 7.93. The van der Waals surface area contributed by atoms with E-state index >= 15 is 0 Å². The van der Waals surface area contributed by atoms with Gasteiger partial charge in [0.05, 0.1) is 10.6 Å². The van der Waals surface area contributed by atoms with Crippen LogP contribution >= 0.6 is 0 Å². The molecule has 7 nitrogen and oxygen atoms in total. The van der Waals surface area contributed by atoms with E-state index in [1.807, 2.05) is 26.0 Å². The van der Waals surface area contributed by atoms with Crippen molar-refractivity contribution in [2.45, 2.75) is 50.1 Å². The van der Waals surface area contributed by atoms with E-state index in [1.165, 1.54) is 6.07 Å². The Bertz CT molecular complexity index is 1070.